The number of likely N-dealkylation sites (tertiary alicyclic amines) is 1. The number of guanidine groups is 1. The number of aliphatic imine (C=N–C) groups is 1. The lowest BCUT2D eigenvalue weighted by atomic mass is 10.1. The largest absolute Gasteiger partial charge is 0.384 e. The molecule has 0 bridgehead atoms. The first-order valence-electron chi connectivity index (χ1n) is 7.42. The molecule has 1 aliphatic rings. The quantitative estimate of drug-likeness (QED) is 0.670. The molecule has 5 heteroatoms. The normalized spacial score (nSPS) is 19.1. The molecule has 0 aromatic heterocycles. The Morgan fingerprint density at radius 1 is 1.43 bits per heavy atom. The minimum Gasteiger partial charge on any atom is -0.384 e. The maximum Gasteiger partial charge on any atom is 0.193 e. The highest BCUT2D eigenvalue weighted by molar-refractivity contribution is 6.30. The summed E-state index contributed by atoms with van der Waals surface area (Å²) in [7, 11) is 3.61. The molecule has 1 unspecified atom stereocenters. The fourth-order valence-corrected chi connectivity index (χ4v) is 2.82. The van der Waals surface area contributed by atoms with Crippen molar-refractivity contribution in [2.45, 2.75) is 12.8 Å². The lowest BCUT2D eigenvalue weighted by Gasteiger charge is -2.21. The van der Waals surface area contributed by atoms with E-state index in [1.807, 2.05) is 19.2 Å². The van der Waals surface area contributed by atoms with Gasteiger partial charge < -0.3 is 15.0 Å². The van der Waals surface area contributed by atoms with Crippen LogP contribution in [0, 0.1) is 5.92 Å². The van der Waals surface area contributed by atoms with Crippen LogP contribution in [-0.2, 0) is 11.2 Å². The second kappa shape index (κ2) is 8.25. The van der Waals surface area contributed by atoms with E-state index in [-0.39, 0.29) is 0 Å². The maximum atomic E-state index is 5.89. The van der Waals surface area contributed by atoms with Crippen molar-refractivity contribution in [1.29, 1.82) is 0 Å². The fraction of sp³-hybridized carbons (Fsp3) is 0.562. The Kier molecular flexibility index (Phi) is 6.33. The topological polar surface area (TPSA) is 36.9 Å². The lowest BCUT2D eigenvalue weighted by Crippen LogP contribution is -2.41. The summed E-state index contributed by atoms with van der Waals surface area (Å²) in [6.45, 7) is 3.78. The molecule has 1 aromatic carbocycles. The third-order valence-electron chi connectivity index (χ3n) is 3.81. The van der Waals surface area contributed by atoms with Crippen LogP contribution >= 0.6 is 11.6 Å². The lowest BCUT2D eigenvalue weighted by molar-refractivity contribution is 0.157. The summed E-state index contributed by atoms with van der Waals surface area (Å²) in [4.78, 5) is 6.69. The van der Waals surface area contributed by atoms with Crippen molar-refractivity contribution in [3.63, 3.8) is 0 Å². The Hall–Kier alpha value is -1.26. The molecule has 1 atom stereocenters. The summed E-state index contributed by atoms with van der Waals surface area (Å²) in [6, 6.07) is 8.00. The average Bonchev–Trinajstić information content (AvgIpc) is 2.94. The molecule has 1 heterocycles. The number of benzene rings is 1. The number of nitrogens with zero attached hydrogens (tertiary/aromatic N) is 2. The van der Waals surface area contributed by atoms with E-state index in [4.69, 9.17) is 16.3 Å². The molecule has 2 rings (SSSR count). The Morgan fingerprint density at radius 2 is 2.19 bits per heavy atom. The van der Waals surface area contributed by atoms with Crippen molar-refractivity contribution in [2.75, 3.05) is 40.4 Å². The highest BCUT2D eigenvalue weighted by Gasteiger charge is 2.24. The number of rotatable bonds is 5. The number of hydrogen-bond acceptors (Lipinski definition) is 2. The molecule has 1 saturated heterocycles. The van der Waals surface area contributed by atoms with E-state index in [2.05, 4.69) is 27.3 Å². The number of halogens is 1. The molecule has 1 fully saturated rings. The first-order chi connectivity index (χ1) is 10.2. The molecule has 0 amide bonds. The smallest absolute Gasteiger partial charge is 0.193 e. The second-order valence-corrected chi connectivity index (χ2v) is 5.84. The van der Waals surface area contributed by atoms with Gasteiger partial charge in [0, 0.05) is 44.7 Å². The molecule has 1 aromatic rings. The maximum absolute atomic E-state index is 5.89. The van der Waals surface area contributed by atoms with Gasteiger partial charge in [0.15, 0.2) is 5.96 Å². The minimum absolute atomic E-state index is 0.616. The van der Waals surface area contributed by atoms with Gasteiger partial charge in [0.05, 0.1) is 6.61 Å². The van der Waals surface area contributed by atoms with Crippen LogP contribution in [0.25, 0.3) is 0 Å². The third-order valence-corrected chi connectivity index (χ3v) is 4.06. The summed E-state index contributed by atoms with van der Waals surface area (Å²) in [5.41, 5.74) is 1.28. The Morgan fingerprint density at radius 3 is 2.86 bits per heavy atom. The van der Waals surface area contributed by atoms with Crippen molar-refractivity contribution in [1.82, 2.24) is 10.2 Å². The third kappa shape index (κ3) is 4.90. The average molecular weight is 310 g/mol. The summed E-state index contributed by atoms with van der Waals surface area (Å²) in [6.07, 6.45) is 2.14. The van der Waals surface area contributed by atoms with Gasteiger partial charge in [0.1, 0.15) is 0 Å². The SMILES string of the molecule is CN=C(NCCc1ccc(Cl)cc1)N1CCC(COC)C1. The van der Waals surface area contributed by atoms with E-state index in [1.165, 1.54) is 12.0 Å². The highest BCUT2D eigenvalue weighted by atomic mass is 35.5. The predicted octanol–water partition coefficient (Wildman–Crippen LogP) is 2.43. The van der Waals surface area contributed by atoms with Crippen molar-refractivity contribution in [3.05, 3.63) is 34.9 Å². The Bertz CT molecular complexity index is 461. The zero-order chi connectivity index (χ0) is 15.1. The van der Waals surface area contributed by atoms with Crippen LogP contribution in [0.1, 0.15) is 12.0 Å². The first-order valence-corrected chi connectivity index (χ1v) is 7.79. The molecule has 0 spiro atoms. The standard InChI is InChI=1S/C16H24ClN3O/c1-18-16(20-10-8-14(11-20)12-21-2)19-9-7-13-3-5-15(17)6-4-13/h3-6,14H,7-12H2,1-2H3,(H,18,19). The van der Waals surface area contributed by atoms with E-state index >= 15 is 0 Å². The van der Waals surface area contributed by atoms with Crippen LogP contribution < -0.4 is 5.32 Å². The molecule has 1 N–H and O–H groups in total. The zero-order valence-electron chi connectivity index (χ0n) is 12.8. The summed E-state index contributed by atoms with van der Waals surface area (Å²) < 4.78 is 5.24. The van der Waals surface area contributed by atoms with Crippen LogP contribution in [-0.4, -0.2) is 51.3 Å². The van der Waals surface area contributed by atoms with Crippen molar-refractivity contribution in [3.8, 4) is 0 Å². The van der Waals surface area contributed by atoms with Gasteiger partial charge in [-0.15, -0.1) is 0 Å². The van der Waals surface area contributed by atoms with Gasteiger partial charge in [0.2, 0.25) is 0 Å². The van der Waals surface area contributed by atoms with Crippen LogP contribution in [0.5, 0.6) is 0 Å². The molecule has 116 valence electrons. The van der Waals surface area contributed by atoms with Crippen molar-refractivity contribution < 1.29 is 4.74 Å². The van der Waals surface area contributed by atoms with Crippen LogP contribution in [0.3, 0.4) is 0 Å². The number of hydrogen-bond donors (Lipinski definition) is 1. The molecule has 0 aliphatic carbocycles. The Balaban J connectivity index is 1.77. The fourth-order valence-electron chi connectivity index (χ4n) is 2.70. The van der Waals surface area contributed by atoms with E-state index in [9.17, 15) is 0 Å². The molecule has 21 heavy (non-hydrogen) atoms. The Labute approximate surface area is 132 Å². The molecular formula is C16H24ClN3O. The highest BCUT2D eigenvalue weighted by Crippen LogP contribution is 2.16. The number of methoxy groups -OCH3 is 1. The van der Waals surface area contributed by atoms with E-state index < -0.39 is 0 Å². The molecular weight excluding hydrogens is 286 g/mol. The van der Waals surface area contributed by atoms with E-state index in [0.29, 0.717) is 5.92 Å². The molecule has 1 aliphatic heterocycles. The van der Waals surface area contributed by atoms with Gasteiger partial charge in [0.25, 0.3) is 0 Å². The predicted molar refractivity (Wildman–Crippen MR) is 88.1 cm³/mol. The van der Waals surface area contributed by atoms with E-state index in [0.717, 1.165) is 43.6 Å². The van der Waals surface area contributed by atoms with Crippen LogP contribution in [0.4, 0.5) is 0 Å². The molecule has 0 saturated carbocycles. The number of ether oxygens (including phenoxy) is 1. The molecule has 0 radical (unpaired) electrons. The van der Waals surface area contributed by atoms with Crippen molar-refractivity contribution >= 4 is 17.6 Å². The summed E-state index contributed by atoms with van der Waals surface area (Å²) in [5, 5.41) is 4.22. The van der Waals surface area contributed by atoms with Crippen molar-refractivity contribution in [2.24, 2.45) is 10.9 Å². The van der Waals surface area contributed by atoms with Gasteiger partial charge >= 0.3 is 0 Å². The van der Waals surface area contributed by atoms with Crippen LogP contribution in [0.2, 0.25) is 5.02 Å². The summed E-state index contributed by atoms with van der Waals surface area (Å²) >= 11 is 5.89. The summed E-state index contributed by atoms with van der Waals surface area (Å²) in [5.74, 6) is 1.60. The van der Waals surface area contributed by atoms with Gasteiger partial charge in [-0.1, -0.05) is 23.7 Å². The van der Waals surface area contributed by atoms with Gasteiger partial charge in [-0.25, -0.2) is 0 Å². The monoisotopic (exact) mass is 309 g/mol. The number of nitrogens with one attached hydrogen (secondary N) is 1. The second-order valence-electron chi connectivity index (χ2n) is 5.41. The minimum atomic E-state index is 0.616. The van der Waals surface area contributed by atoms with Gasteiger partial charge in [-0.3, -0.25) is 4.99 Å². The van der Waals surface area contributed by atoms with Gasteiger partial charge in [-0.05, 0) is 30.5 Å². The van der Waals surface area contributed by atoms with E-state index in [1.54, 1.807) is 7.11 Å². The van der Waals surface area contributed by atoms with Gasteiger partial charge in [-0.2, -0.15) is 0 Å². The van der Waals surface area contributed by atoms with Crippen LogP contribution in [0.15, 0.2) is 29.3 Å². The zero-order valence-corrected chi connectivity index (χ0v) is 13.6. The first kappa shape index (κ1) is 16.1. The molecule has 4 nitrogen and oxygen atoms in total.